The molecule has 0 aliphatic heterocycles. The first-order valence-electron chi connectivity index (χ1n) is 11.5. The molecule has 0 heterocycles. The molecule has 0 radical (unpaired) electrons. The molecular formula is C27H40O4. The number of rotatable bonds is 12. The van der Waals surface area contributed by atoms with Crippen molar-refractivity contribution in [2.45, 2.75) is 85.0 Å². The van der Waals surface area contributed by atoms with Gasteiger partial charge >= 0.3 is 0 Å². The van der Waals surface area contributed by atoms with E-state index < -0.39 is 0 Å². The molecule has 2 aromatic carbocycles. The molecular weight excluding hydrogens is 388 g/mol. The summed E-state index contributed by atoms with van der Waals surface area (Å²) in [7, 11) is 0. The van der Waals surface area contributed by atoms with Crippen LogP contribution in [-0.4, -0.2) is 28.0 Å². The maximum Gasteiger partial charge on any atom is 0.119 e. The molecule has 172 valence electrons. The lowest BCUT2D eigenvalue weighted by Gasteiger charge is -2.33. The minimum absolute atomic E-state index is 0.0934. The van der Waals surface area contributed by atoms with Crippen LogP contribution >= 0.6 is 0 Å². The Hall–Kier alpha value is -1.88. The molecule has 1 atom stereocenters. The molecule has 0 aliphatic rings. The quantitative estimate of drug-likeness (QED) is 0.442. The van der Waals surface area contributed by atoms with Crippen LogP contribution < -0.4 is 4.74 Å². The van der Waals surface area contributed by atoms with Crippen LogP contribution in [0.4, 0.5) is 0 Å². The van der Waals surface area contributed by atoms with E-state index in [0.29, 0.717) is 17.9 Å². The maximum absolute atomic E-state index is 10.1. The third kappa shape index (κ3) is 6.31. The molecule has 0 fully saturated rings. The summed E-state index contributed by atoms with van der Waals surface area (Å²) in [6.45, 7) is 11.0. The van der Waals surface area contributed by atoms with Gasteiger partial charge in [-0.05, 0) is 78.5 Å². The summed E-state index contributed by atoms with van der Waals surface area (Å²) in [5.74, 6) is 0.992. The van der Waals surface area contributed by atoms with Crippen molar-refractivity contribution in [1.82, 2.24) is 0 Å². The van der Waals surface area contributed by atoms with E-state index in [4.69, 9.17) is 4.74 Å². The van der Waals surface area contributed by atoms with Crippen molar-refractivity contribution >= 4 is 0 Å². The normalized spacial score (nSPS) is 12.9. The van der Waals surface area contributed by atoms with Gasteiger partial charge in [0.05, 0.1) is 25.9 Å². The van der Waals surface area contributed by atoms with Gasteiger partial charge in [0, 0.05) is 5.41 Å². The third-order valence-corrected chi connectivity index (χ3v) is 6.82. The molecule has 0 spiro atoms. The fraction of sp³-hybridized carbons (Fsp3) is 0.556. The van der Waals surface area contributed by atoms with Crippen molar-refractivity contribution in [3.8, 4) is 5.75 Å². The van der Waals surface area contributed by atoms with E-state index in [1.54, 1.807) is 0 Å². The monoisotopic (exact) mass is 428 g/mol. The van der Waals surface area contributed by atoms with Crippen molar-refractivity contribution in [2.75, 3.05) is 6.61 Å². The van der Waals surface area contributed by atoms with Gasteiger partial charge in [0.25, 0.3) is 0 Å². The molecule has 0 amide bonds. The Bertz CT molecular complexity index is 824. The topological polar surface area (TPSA) is 69.9 Å². The van der Waals surface area contributed by atoms with E-state index in [1.165, 1.54) is 16.7 Å². The van der Waals surface area contributed by atoms with Crippen LogP contribution in [0.15, 0.2) is 36.4 Å². The lowest BCUT2D eigenvalue weighted by molar-refractivity contribution is 0.116. The number of aliphatic hydroxyl groups excluding tert-OH is 3. The van der Waals surface area contributed by atoms with Gasteiger partial charge in [-0.3, -0.25) is 0 Å². The molecule has 1 unspecified atom stereocenters. The summed E-state index contributed by atoms with van der Waals surface area (Å²) < 4.78 is 6.20. The predicted octanol–water partition coefficient (Wildman–Crippen LogP) is 5.07. The number of benzene rings is 2. The van der Waals surface area contributed by atoms with Gasteiger partial charge in [-0.1, -0.05) is 52.0 Å². The first-order chi connectivity index (χ1) is 14.8. The van der Waals surface area contributed by atoms with Gasteiger partial charge in [-0.2, -0.15) is 0 Å². The highest BCUT2D eigenvalue weighted by molar-refractivity contribution is 5.37. The van der Waals surface area contributed by atoms with Crippen molar-refractivity contribution in [1.29, 1.82) is 0 Å². The van der Waals surface area contributed by atoms with Crippen molar-refractivity contribution < 1.29 is 20.1 Å². The van der Waals surface area contributed by atoms with Crippen LogP contribution in [-0.2, 0) is 25.0 Å². The van der Waals surface area contributed by atoms with Crippen LogP contribution in [0.5, 0.6) is 5.75 Å². The Morgan fingerprint density at radius 2 is 1.55 bits per heavy atom. The standard InChI is InChI=1S/C27H40O4/c1-6-27(7-2,18-31-25-12-9-22(16-28)23(15-25)17-29)24-11-8-21(20(5)14-24)10-13-26(30)19(3)4/h8-9,11-12,14-15,19,26,28-30H,6-7,10,13,16-18H2,1-5H3. The predicted molar refractivity (Wildman–Crippen MR) is 126 cm³/mol. The van der Waals surface area contributed by atoms with E-state index in [0.717, 1.165) is 31.2 Å². The van der Waals surface area contributed by atoms with Gasteiger partial charge in [-0.15, -0.1) is 0 Å². The average molecular weight is 429 g/mol. The maximum atomic E-state index is 10.1. The number of aryl methyl sites for hydroxylation is 2. The largest absolute Gasteiger partial charge is 0.493 e. The van der Waals surface area contributed by atoms with Crippen LogP contribution in [0.2, 0.25) is 0 Å². The summed E-state index contributed by atoms with van der Waals surface area (Å²) in [4.78, 5) is 0. The van der Waals surface area contributed by atoms with Gasteiger partial charge in [0.1, 0.15) is 5.75 Å². The Morgan fingerprint density at radius 1 is 0.903 bits per heavy atom. The molecule has 0 bridgehead atoms. The number of ether oxygens (including phenoxy) is 1. The zero-order chi connectivity index (χ0) is 23.0. The molecule has 2 aromatic rings. The summed E-state index contributed by atoms with van der Waals surface area (Å²) in [6, 6.07) is 12.2. The first kappa shape index (κ1) is 25.4. The highest BCUT2D eigenvalue weighted by Crippen LogP contribution is 2.34. The Labute approximate surface area is 187 Å². The molecule has 3 N–H and O–H groups in total. The molecule has 4 nitrogen and oxygen atoms in total. The van der Waals surface area contributed by atoms with E-state index >= 15 is 0 Å². The minimum Gasteiger partial charge on any atom is -0.493 e. The minimum atomic E-state index is -0.265. The molecule has 0 aromatic heterocycles. The molecule has 31 heavy (non-hydrogen) atoms. The fourth-order valence-corrected chi connectivity index (χ4v) is 4.10. The second-order valence-corrected chi connectivity index (χ2v) is 9.01. The van der Waals surface area contributed by atoms with E-state index in [1.807, 2.05) is 18.2 Å². The highest BCUT2D eigenvalue weighted by Gasteiger charge is 2.30. The smallest absolute Gasteiger partial charge is 0.119 e. The highest BCUT2D eigenvalue weighted by atomic mass is 16.5. The first-order valence-corrected chi connectivity index (χ1v) is 11.5. The van der Waals surface area contributed by atoms with Gasteiger partial charge in [0.15, 0.2) is 0 Å². The zero-order valence-corrected chi connectivity index (χ0v) is 19.8. The zero-order valence-electron chi connectivity index (χ0n) is 19.8. The summed E-state index contributed by atoms with van der Waals surface area (Å²) in [6.07, 6.45) is 3.31. The van der Waals surface area contributed by atoms with Gasteiger partial charge < -0.3 is 20.1 Å². The van der Waals surface area contributed by atoms with Crippen LogP contribution in [0.25, 0.3) is 0 Å². The third-order valence-electron chi connectivity index (χ3n) is 6.82. The molecule has 2 rings (SSSR count). The average Bonchev–Trinajstić information content (AvgIpc) is 2.78. The molecule has 4 heteroatoms. The van der Waals surface area contributed by atoms with Crippen molar-refractivity contribution in [3.05, 3.63) is 64.2 Å². The number of hydrogen-bond donors (Lipinski definition) is 3. The lowest BCUT2D eigenvalue weighted by atomic mass is 9.75. The molecule has 0 aliphatic carbocycles. The fourth-order valence-electron chi connectivity index (χ4n) is 4.10. The van der Waals surface area contributed by atoms with Crippen LogP contribution in [0.1, 0.15) is 74.8 Å². The SMILES string of the molecule is CCC(CC)(COc1ccc(CO)c(CO)c1)c1ccc(CCC(O)C(C)C)c(C)c1. The number of hydrogen-bond acceptors (Lipinski definition) is 4. The van der Waals surface area contributed by atoms with Gasteiger partial charge in [-0.25, -0.2) is 0 Å². The summed E-state index contributed by atoms with van der Waals surface area (Å²) in [5.41, 5.74) is 5.14. The van der Waals surface area contributed by atoms with Crippen molar-refractivity contribution in [3.63, 3.8) is 0 Å². The second-order valence-electron chi connectivity index (χ2n) is 9.01. The Balaban J connectivity index is 2.19. The molecule has 0 saturated carbocycles. The Morgan fingerprint density at radius 3 is 2.10 bits per heavy atom. The van der Waals surface area contributed by atoms with Gasteiger partial charge in [0.2, 0.25) is 0 Å². The second kappa shape index (κ2) is 11.7. The Kier molecular flexibility index (Phi) is 9.54. The van der Waals surface area contributed by atoms with E-state index in [2.05, 4.69) is 52.8 Å². The number of aliphatic hydroxyl groups is 3. The van der Waals surface area contributed by atoms with Crippen molar-refractivity contribution in [2.24, 2.45) is 5.92 Å². The molecule has 0 saturated heterocycles. The van der Waals surface area contributed by atoms with Crippen LogP contribution in [0.3, 0.4) is 0 Å². The van der Waals surface area contributed by atoms with E-state index in [-0.39, 0.29) is 30.7 Å². The summed E-state index contributed by atoms with van der Waals surface area (Å²) in [5, 5.41) is 29.1. The lowest BCUT2D eigenvalue weighted by Crippen LogP contribution is -2.32. The van der Waals surface area contributed by atoms with Crippen LogP contribution in [0, 0.1) is 12.8 Å². The van der Waals surface area contributed by atoms with E-state index in [9.17, 15) is 15.3 Å². The summed E-state index contributed by atoms with van der Waals surface area (Å²) >= 11 is 0.